The Morgan fingerprint density at radius 2 is 2.42 bits per heavy atom. The lowest BCUT2D eigenvalue weighted by Gasteiger charge is -2.16. The van der Waals surface area contributed by atoms with Crippen LogP contribution in [-0.4, -0.2) is 23.6 Å². The minimum atomic E-state index is 0.724. The lowest BCUT2D eigenvalue weighted by Crippen LogP contribution is -2.25. The molecule has 2 heterocycles. The van der Waals surface area contributed by atoms with Crippen LogP contribution in [-0.2, 0) is 13.0 Å². The van der Waals surface area contributed by atoms with E-state index in [4.69, 9.17) is 4.74 Å². The first-order valence-electron chi connectivity index (χ1n) is 3.99. The van der Waals surface area contributed by atoms with Gasteiger partial charge in [-0.25, -0.2) is 9.97 Å². The van der Waals surface area contributed by atoms with Gasteiger partial charge in [0, 0.05) is 12.1 Å². The van der Waals surface area contributed by atoms with Gasteiger partial charge in [-0.15, -0.1) is 0 Å². The Morgan fingerprint density at radius 3 is 3.25 bits per heavy atom. The molecule has 0 fully saturated rings. The first-order valence-corrected chi connectivity index (χ1v) is 3.99. The number of fused-ring (bicyclic) bond motifs is 1. The number of methoxy groups -OCH3 is 1. The minimum absolute atomic E-state index is 0.724. The van der Waals surface area contributed by atoms with Crippen molar-refractivity contribution in [2.45, 2.75) is 13.0 Å². The summed E-state index contributed by atoms with van der Waals surface area (Å²) < 4.78 is 5.13. The lowest BCUT2D eigenvalue weighted by molar-refractivity contribution is 0.386. The van der Waals surface area contributed by atoms with Crippen molar-refractivity contribution in [1.29, 1.82) is 0 Å². The molecule has 0 atom stereocenters. The Kier molecular flexibility index (Phi) is 1.91. The summed E-state index contributed by atoms with van der Waals surface area (Å²) in [5, 5.41) is 3.25. The summed E-state index contributed by atoms with van der Waals surface area (Å²) in [7, 11) is 1.64. The van der Waals surface area contributed by atoms with E-state index < -0.39 is 0 Å². The number of hydrogen-bond donors (Lipinski definition) is 1. The highest BCUT2D eigenvalue weighted by molar-refractivity contribution is 5.31. The van der Waals surface area contributed by atoms with Gasteiger partial charge in [-0.3, -0.25) is 0 Å². The number of nitrogens with one attached hydrogen (secondary N) is 1. The normalized spacial score (nSPS) is 15.4. The quantitative estimate of drug-likeness (QED) is 0.642. The molecule has 1 N–H and O–H groups in total. The number of nitrogens with zero attached hydrogens (tertiary/aromatic N) is 2. The second-order valence-corrected chi connectivity index (χ2v) is 2.73. The zero-order valence-electron chi connectivity index (χ0n) is 7.00. The molecule has 0 aliphatic carbocycles. The zero-order chi connectivity index (χ0) is 8.39. The lowest BCUT2D eigenvalue weighted by atomic mass is 10.1. The topological polar surface area (TPSA) is 47.0 Å². The van der Waals surface area contributed by atoms with Crippen molar-refractivity contribution in [3.05, 3.63) is 17.6 Å². The first kappa shape index (κ1) is 7.49. The van der Waals surface area contributed by atoms with Gasteiger partial charge in [-0.1, -0.05) is 0 Å². The molecule has 12 heavy (non-hydrogen) atoms. The van der Waals surface area contributed by atoms with E-state index in [-0.39, 0.29) is 0 Å². The molecule has 1 aliphatic rings. The van der Waals surface area contributed by atoms with E-state index in [2.05, 4.69) is 15.3 Å². The third kappa shape index (κ3) is 1.14. The van der Waals surface area contributed by atoms with E-state index >= 15 is 0 Å². The molecule has 4 nitrogen and oxygen atoms in total. The molecule has 0 bridgehead atoms. The fourth-order valence-electron chi connectivity index (χ4n) is 1.43. The van der Waals surface area contributed by atoms with Crippen molar-refractivity contribution in [1.82, 2.24) is 15.3 Å². The average Bonchev–Trinajstić information content (AvgIpc) is 2.17. The fraction of sp³-hybridized carbons (Fsp3) is 0.500. The van der Waals surface area contributed by atoms with Crippen LogP contribution in [0.1, 0.15) is 11.3 Å². The molecule has 2 rings (SSSR count). The summed E-state index contributed by atoms with van der Waals surface area (Å²) in [5.41, 5.74) is 2.21. The Balaban J connectivity index is 2.44. The van der Waals surface area contributed by atoms with Crippen LogP contribution >= 0.6 is 0 Å². The Labute approximate surface area is 71.0 Å². The van der Waals surface area contributed by atoms with E-state index in [9.17, 15) is 0 Å². The molecule has 1 aromatic heterocycles. The van der Waals surface area contributed by atoms with Crippen molar-refractivity contribution in [3.8, 4) is 5.88 Å². The summed E-state index contributed by atoms with van der Waals surface area (Å²) in [4.78, 5) is 8.22. The van der Waals surface area contributed by atoms with Gasteiger partial charge >= 0.3 is 0 Å². The molecular formula is C8H11N3O. The maximum atomic E-state index is 5.13. The van der Waals surface area contributed by atoms with E-state index in [1.54, 1.807) is 13.4 Å². The SMILES string of the molecule is COc1ncnc2c1CCNC2. The maximum absolute atomic E-state index is 5.13. The fourth-order valence-corrected chi connectivity index (χ4v) is 1.43. The molecule has 0 saturated carbocycles. The van der Waals surface area contributed by atoms with Crippen LogP contribution in [0.5, 0.6) is 5.88 Å². The molecule has 4 heteroatoms. The van der Waals surface area contributed by atoms with Gasteiger partial charge in [0.05, 0.1) is 12.8 Å². The Bertz CT molecular complexity index is 273. The molecule has 0 radical (unpaired) electrons. The van der Waals surface area contributed by atoms with Crippen molar-refractivity contribution < 1.29 is 4.74 Å². The highest BCUT2D eigenvalue weighted by Crippen LogP contribution is 2.19. The van der Waals surface area contributed by atoms with Gasteiger partial charge in [0.25, 0.3) is 0 Å². The van der Waals surface area contributed by atoms with E-state index in [1.807, 2.05) is 0 Å². The number of ether oxygens (including phenoxy) is 1. The van der Waals surface area contributed by atoms with Crippen LogP contribution in [0, 0.1) is 0 Å². The third-order valence-electron chi connectivity index (χ3n) is 2.03. The van der Waals surface area contributed by atoms with Gasteiger partial charge < -0.3 is 10.1 Å². The monoisotopic (exact) mass is 165 g/mol. The molecular weight excluding hydrogens is 154 g/mol. The molecule has 0 amide bonds. The van der Waals surface area contributed by atoms with Crippen LogP contribution in [0.2, 0.25) is 0 Å². The summed E-state index contributed by atoms with van der Waals surface area (Å²) in [6.07, 6.45) is 2.50. The zero-order valence-corrected chi connectivity index (χ0v) is 7.00. The largest absolute Gasteiger partial charge is 0.481 e. The smallest absolute Gasteiger partial charge is 0.219 e. The summed E-state index contributed by atoms with van der Waals surface area (Å²) >= 11 is 0. The molecule has 0 aromatic carbocycles. The molecule has 0 unspecified atom stereocenters. The van der Waals surface area contributed by atoms with Gasteiger partial charge in [0.2, 0.25) is 5.88 Å². The van der Waals surface area contributed by atoms with Crippen molar-refractivity contribution in [2.24, 2.45) is 0 Å². The number of aromatic nitrogens is 2. The van der Waals surface area contributed by atoms with Crippen LogP contribution in [0.25, 0.3) is 0 Å². The van der Waals surface area contributed by atoms with Crippen molar-refractivity contribution in [2.75, 3.05) is 13.7 Å². The average molecular weight is 165 g/mol. The van der Waals surface area contributed by atoms with E-state index in [0.717, 1.165) is 36.6 Å². The first-order chi connectivity index (χ1) is 5.92. The van der Waals surface area contributed by atoms with Gasteiger partial charge in [0.1, 0.15) is 6.33 Å². The second kappa shape index (κ2) is 3.06. The molecule has 1 aliphatic heterocycles. The third-order valence-corrected chi connectivity index (χ3v) is 2.03. The number of hydrogen-bond acceptors (Lipinski definition) is 4. The Hall–Kier alpha value is -1.16. The molecule has 64 valence electrons. The van der Waals surface area contributed by atoms with Crippen LogP contribution in [0.4, 0.5) is 0 Å². The molecule has 0 spiro atoms. The second-order valence-electron chi connectivity index (χ2n) is 2.73. The van der Waals surface area contributed by atoms with Crippen LogP contribution < -0.4 is 10.1 Å². The van der Waals surface area contributed by atoms with Gasteiger partial charge in [0.15, 0.2) is 0 Å². The van der Waals surface area contributed by atoms with Gasteiger partial charge in [-0.2, -0.15) is 0 Å². The maximum Gasteiger partial charge on any atom is 0.219 e. The highest BCUT2D eigenvalue weighted by atomic mass is 16.5. The van der Waals surface area contributed by atoms with Gasteiger partial charge in [-0.05, 0) is 13.0 Å². The Morgan fingerprint density at radius 1 is 1.50 bits per heavy atom. The van der Waals surface area contributed by atoms with Crippen LogP contribution in [0.15, 0.2) is 6.33 Å². The number of rotatable bonds is 1. The van der Waals surface area contributed by atoms with Crippen molar-refractivity contribution in [3.63, 3.8) is 0 Å². The van der Waals surface area contributed by atoms with E-state index in [0.29, 0.717) is 0 Å². The summed E-state index contributed by atoms with van der Waals surface area (Å²) in [6, 6.07) is 0. The van der Waals surface area contributed by atoms with Crippen molar-refractivity contribution >= 4 is 0 Å². The molecule has 0 saturated heterocycles. The summed E-state index contributed by atoms with van der Waals surface area (Å²) in [5.74, 6) is 0.724. The van der Waals surface area contributed by atoms with Crippen LogP contribution in [0.3, 0.4) is 0 Å². The minimum Gasteiger partial charge on any atom is -0.481 e. The predicted molar refractivity (Wildman–Crippen MR) is 44.0 cm³/mol. The highest BCUT2D eigenvalue weighted by Gasteiger charge is 2.14. The standard InChI is InChI=1S/C8H11N3O/c1-12-8-6-2-3-9-4-7(6)10-5-11-8/h5,9H,2-4H2,1H3. The van der Waals surface area contributed by atoms with E-state index in [1.165, 1.54) is 0 Å². The summed E-state index contributed by atoms with van der Waals surface area (Å²) in [6.45, 7) is 1.81. The predicted octanol–water partition coefficient (Wildman–Crippen LogP) is 0.131. The molecule has 1 aromatic rings.